The van der Waals surface area contributed by atoms with Gasteiger partial charge in [-0.1, -0.05) is 15.9 Å². The molecule has 2 fully saturated rings. The molecule has 0 aromatic rings. The molecule has 5 nitrogen and oxygen atoms in total. The van der Waals surface area contributed by atoms with E-state index in [-0.39, 0.29) is 33.1 Å². The maximum absolute atomic E-state index is 12.6. The number of thioether (sulfide) groups is 2. The number of hydrogen-bond acceptors (Lipinski definition) is 6. The van der Waals surface area contributed by atoms with Crippen LogP contribution in [0, 0.1) is 5.41 Å². The van der Waals surface area contributed by atoms with E-state index in [0.717, 1.165) is 11.8 Å². The molecule has 0 aromatic heterocycles. The first-order valence-corrected chi connectivity index (χ1v) is 9.99. The number of carbonyl (C=O) groups is 3. The van der Waals surface area contributed by atoms with Gasteiger partial charge in [0.25, 0.3) is 0 Å². The van der Waals surface area contributed by atoms with Gasteiger partial charge in [-0.2, -0.15) is 0 Å². The fourth-order valence-corrected chi connectivity index (χ4v) is 5.81. The minimum atomic E-state index is -0.604. The maximum Gasteiger partial charge on any atom is 0.312 e. The Bertz CT molecular complexity index is 556. The topological polar surface area (TPSA) is 63.7 Å². The normalized spacial score (nSPS) is 32.3. The van der Waals surface area contributed by atoms with Crippen molar-refractivity contribution in [2.24, 2.45) is 5.41 Å². The first-order valence-electron chi connectivity index (χ1n) is 7.33. The summed E-state index contributed by atoms with van der Waals surface area (Å²) in [6.45, 7) is 11.1. The molecule has 23 heavy (non-hydrogen) atoms. The Balaban J connectivity index is 2.00. The molecule has 0 spiro atoms. The molecule has 2 heterocycles. The number of carbonyl (C=O) groups excluding carboxylic acids is 3. The Morgan fingerprint density at radius 2 is 1.91 bits per heavy atom. The number of β-lactam (4-membered cyclic amide) rings is 1. The molecule has 2 saturated heterocycles. The van der Waals surface area contributed by atoms with Crippen LogP contribution in [0.2, 0.25) is 0 Å². The number of rotatable bonds is 3. The van der Waals surface area contributed by atoms with Crippen LogP contribution in [0.3, 0.4) is 0 Å². The average molecular weight is 424 g/mol. The molecule has 0 aromatic carbocycles. The number of amides is 1. The number of alkyl halides is 1. The van der Waals surface area contributed by atoms with Gasteiger partial charge in [0.2, 0.25) is 11.0 Å². The first-order chi connectivity index (χ1) is 10.3. The minimum Gasteiger partial charge on any atom is -0.454 e. The highest BCUT2D eigenvalue weighted by atomic mass is 79.9. The molecular formula is C15H22BrNO4S2. The molecule has 1 unspecified atom stereocenters. The molecule has 0 N–H and O–H groups in total. The summed E-state index contributed by atoms with van der Waals surface area (Å²) in [5.41, 5.74) is -0.595. The lowest BCUT2D eigenvalue weighted by atomic mass is 9.93. The predicted octanol–water partition coefficient (Wildman–Crippen LogP) is 3.01. The Hall–Kier alpha value is -0.210. The van der Waals surface area contributed by atoms with Crippen LogP contribution >= 0.6 is 39.5 Å². The summed E-state index contributed by atoms with van der Waals surface area (Å²) < 4.78 is 4.16. The smallest absolute Gasteiger partial charge is 0.312 e. The molecule has 0 bridgehead atoms. The highest BCUT2D eigenvalue weighted by Crippen LogP contribution is 2.58. The summed E-state index contributed by atoms with van der Waals surface area (Å²) in [4.78, 5) is 38.3. The molecule has 0 saturated carbocycles. The molecule has 2 aliphatic heterocycles. The summed E-state index contributed by atoms with van der Waals surface area (Å²) in [5, 5.41) is -0.181. The van der Waals surface area contributed by atoms with E-state index in [4.69, 9.17) is 4.74 Å². The summed E-state index contributed by atoms with van der Waals surface area (Å²) in [6, 6.07) is -0.506. The zero-order chi connectivity index (χ0) is 17.8. The maximum atomic E-state index is 12.6. The Morgan fingerprint density at radius 1 is 1.35 bits per heavy atom. The van der Waals surface area contributed by atoms with Gasteiger partial charge in [-0.25, -0.2) is 0 Å². The van der Waals surface area contributed by atoms with Crippen LogP contribution < -0.4 is 0 Å². The van der Waals surface area contributed by atoms with Crippen molar-refractivity contribution >= 4 is 56.4 Å². The van der Waals surface area contributed by atoms with Crippen molar-refractivity contribution < 1.29 is 19.1 Å². The zero-order valence-corrected chi connectivity index (χ0v) is 17.4. The Morgan fingerprint density at radius 3 is 2.43 bits per heavy atom. The SMILES string of the molecule is CC(C)(C)C(=O)OCSC(=O)[C@@H]1N2C(=O)C(C)(Br)[C@H]2SC1(C)C. The van der Waals surface area contributed by atoms with E-state index < -0.39 is 15.8 Å². The fourth-order valence-electron chi connectivity index (χ4n) is 2.60. The van der Waals surface area contributed by atoms with Crippen LogP contribution in [0.5, 0.6) is 0 Å². The van der Waals surface area contributed by atoms with E-state index in [1.54, 1.807) is 37.4 Å². The molecular weight excluding hydrogens is 402 g/mol. The van der Waals surface area contributed by atoms with Crippen molar-refractivity contribution in [3.05, 3.63) is 0 Å². The zero-order valence-electron chi connectivity index (χ0n) is 14.1. The van der Waals surface area contributed by atoms with Crippen molar-refractivity contribution in [2.75, 3.05) is 5.94 Å². The molecule has 130 valence electrons. The third-order valence-corrected chi connectivity index (χ3v) is 7.52. The average Bonchev–Trinajstić information content (AvgIpc) is 2.67. The van der Waals surface area contributed by atoms with Gasteiger partial charge >= 0.3 is 5.97 Å². The van der Waals surface area contributed by atoms with E-state index >= 15 is 0 Å². The molecule has 2 aliphatic rings. The number of esters is 1. The third kappa shape index (κ3) is 3.31. The van der Waals surface area contributed by atoms with Crippen LogP contribution in [-0.4, -0.2) is 48.3 Å². The molecule has 8 heteroatoms. The van der Waals surface area contributed by atoms with Gasteiger partial charge in [0, 0.05) is 4.75 Å². The largest absolute Gasteiger partial charge is 0.454 e. The van der Waals surface area contributed by atoms with Crippen molar-refractivity contribution in [3.8, 4) is 0 Å². The number of hydrogen-bond donors (Lipinski definition) is 0. The standard InChI is InChI=1S/C15H22BrNO4S2/c1-13(2,3)12(20)21-7-22-9(18)8-14(4,5)23-11-15(6,16)10(19)17(8)11/h8,11H,7H2,1-6H3/t8-,11+,15?/m0/s1. The van der Waals surface area contributed by atoms with Gasteiger partial charge in [0.1, 0.15) is 21.7 Å². The second-order valence-corrected chi connectivity index (χ2v) is 11.8. The van der Waals surface area contributed by atoms with Crippen molar-refractivity contribution in [1.82, 2.24) is 4.90 Å². The van der Waals surface area contributed by atoms with E-state index in [9.17, 15) is 14.4 Å². The van der Waals surface area contributed by atoms with Crippen LogP contribution in [-0.2, 0) is 19.1 Å². The number of ether oxygens (including phenoxy) is 1. The van der Waals surface area contributed by atoms with E-state index in [0.29, 0.717) is 0 Å². The fraction of sp³-hybridized carbons (Fsp3) is 0.800. The van der Waals surface area contributed by atoms with E-state index in [2.05, 4.69) is 15.9 Å². The molecule has 1 amide bonds. The number of nitrogens with zero attached hydrogens (tertiary/aromatic N) is 1. The molecule has 2 rings (SSSR count). The highest BCUT2D eigenvalue weighted by molar-refractivity contribution is 9.10. The van der Waals surface area contributed by atoms with Gasteiger partial charge in [0.05, 0.1) is 5.41 Å². The van der Waals surface area contributed by atoms with Gasteiger partial charge in [-0.05, 0) is 53.3 Å². The van der Waals surface area contributed by atoms with Crippen molar-refractivity contribution in [1.29, 1.82) is 0 Å². The molecule has 0 aliphatic carbocycles. The van der Waals surface area contributed by atoms with Gasteiger partial charge in [-0.3, -0.25) is 14.4 Å². The number of halogens is 1. The summed E-state index contributed by atoms with van der Waals surface area (Å²) in [7, 11) is 0. The van der Waals surface area contributed by atoms with E-state index in [1.807, 2.05) is 20.8 Å². The minimum absolute atomic E-state index is 0.0234. The summed E-state index contributed by atoms with van der Waals surface area (Å²) in [5.74, 6) is -0.431. The lowest BCUT2D eigenvalue weighted by Crippen LogP contribution is -2.69. The van der Waals surface area contributed by atoms with Gasteiger partial charge in [-0.15, -0.1) is 11.8 Å². The Kier molecular flexibility index (Phi) is 4.94. The highest BCUT2D eigenvalue weighted by Gasteiger charge is 2.68. The summed E-state index contributed by atoms with van der Waals surface area (Å²) >= 11 is 6.04. The predicted molar refractivity (Wildman–Crippen MR) is 96.4 cm³/mol. The van der Waals surface area contributed by atoms with Crippen LogP contribution in [0.25, 0.3) is 0 Å². The van der Waals surface area contributed by atoms with Crippen LogP contribution in [0.15, 0.2) is 0 Å². The van der Waals surface area contributed by atoms with E-state index in [1.165, 1.54) is 0 Å². The summed E-state index contributed by atoms with van der Waals surface area (Å²) in [6.07, 6.45) is 0. The lowest BCUT2D eigenvalue weighted by Gasteiger charge is -2.48. The van der Waals surface area contributed by atoms with Gasteiger partial charge < -0.3 is 9.64 Å². The van der Waals surface area contributed by atoms with Gasteiger partial charge in [0.15, 0.2) is 0 Å². The van der Waals surface area contributed by atoms with Crippen LogP contribution in [0.1, 0.15) is 41.5 Å². The van der Waals surface area contributed by atoms with Crippen molar-refractivity contribution in [3.63, 3.8) is 0 Å². The third-order valence-electron chi connectivity index (χ3n) is 3.95. The Labute approximate surface area is 153 Å². The lowest BCUT2D eigenvalue weighted by molar-refractivity contribution is -0.151. The second kappa shape index (κ2) is 5.95. The van der Waals surface area contributed by atoms with Crippen LogP contribution in [0.4, 0.5) is 0 Å². The monoisotopic (exact) mass is 423 g/mol. The number of fused-ring (bicyclic) bond motifs is 1. The second-order valence-electron chi connectivity index (χ2n) is 7.53. The first kappa shape index (κ1) is 19.1. The van der Waals surface area contributed by atoms with Crippen molar-refractivity contribution in [2.45, 2.75) is 62.0 Å². The molecule has 3 atom stereocenters. The quantitative estimate of drug-likeness (QED) is 0.300. The molecule has 0 radical (unpaired) electrons.